The fraction of sp³-hybridized carbons (Fsp3) is 0.459. The van der Waals surface area contributed by atoms with Gasteiger partial charge in [0.25, 0.3) is 5.91 Å². The first kappa shape index (κ1) is 44.9. The summed E-state index contributed by atoms with van der Waals surface area (Å²) in [4.78, 5) is 63.2. The molecule has 0 aliphatic carbocycles. The summed E-state index contributed by atoms with van der Waals surface area (Å²) in [6.07, 6.45) is 18.4. The number of hydrazine groups is 1. The van der Waals surface area contributed by atoms with Gasteiger partial charge in [0.05, 0.1) is 18.7 Å². The van der Waals surface area contributed by atoms with Crippen LogP contribution in [0.15, 0.2) is 71.6 Å². The largest absolute Gasteiger partial charge is 2.00 e. The number of allylic oxidation sites excluding steroid dienone is 4. The minimum Gasteiger partial charge on any atom is -1.00 e. The summed E-state index contributed by atoms with van der Waals surface area (Å²) in [5.74, 6) is 4.52. The van der Waals surface area contributed by atoms with Crippen molar-refractivity contribution in [1.29, 1.82) is 0 Å². The van der Waals surface area contributed by atoms with Gasteiger partial charge >= 0.3 is 16.1 Å². The fourth-order valence-corrected chi connectivity index (χ4v) is 5.26. The van der Waals surface area contributed by atoms with Crippen molar-refractivity contribution in [1.82, 2.24) is 35.5 Å². The van der Waals surface area contributed by atoms with E-state index in [0.29, 0.717) is 56.7 Å². The van der Waals surface area contributed by atoms with Gasteiger partial charge in [0.15, 0.2) is 11.6 Å². The molecule has 3 amide bonds. The van der Waals surface area contributed by atoms with Crippen LogP contribution in [0.1, 0.15) is 76.2 Å². The van der Waals surface area contributed by atoms with Crippen LogP contribution in [0.3, 0.4) is 0 Å². The zero-order chi connectivity index (χ0) is 38.6. The molecular formula is C37H52BeFN9O6. The number of carbonyl (C=O) groups is 4. The van der Waals surface area contributed by atoms with Gasteiger partial charge in [-0.1, -0.05) is 36.8 Å². The van der Waals surface area contributed by atoms with Crippen molar-refractivity contribution < 1.29 is 34.1 Å². The molecule has 15 nitrogen and oxygen atoms in total. The number of nitrogens with one attached hydrogen (secondary N) is 2. The number of likely N-dealkylation sites (tertiary alicyclic amines) is 1. The van der Waals surface area contributed by atoms with Crippen LogP contribution >= 0.6 is 0 Å². The van der Waals surface area contributed by atoms with Crippen LogP contribution in [0.4, 0.5) is 4.39 Å². The molecule has 0 spiro atoms. The van der Waals surface area contributed by atoms with Crippen LogP contribution in [-0.2, 0) is 25.5 Å². The maximum absolute atomic E-state index is 14.7. The first-order valence-electron chi connectivity index (χ1n) is 17.6. The smallest absolute Gasteiger partial charge is 1.00 e. The number of halogens is 1. The van der Waals surface area contributed by atoms with Crippen molar-refractivity contribution >= 4 is 39.5 Å². The molecule has 54 heavy (non-hydrogen) atoms. The molecule has 6 N–H and O–H groups in total. The second kappa shape index (κ2) is 24.2. The van der Waals surface area contributed by atoms with Crippen molar-refractivity contribution in [2.24, 2.45) is 17.5 Å². The quantitative estimate of drug-likeness (QED) is 0.0276. The number of esters is 1. The van der Waals surface area contributed by atoms with Crippen LogP contribution in [-0.4, -0.2) is 104 Å². The first-order chi connectivity index (χ1) is 25.5. The van der Waals surface area contributed by atoms with Gasteiger partial charge in [0, 0.05) is 50.2 Å². The molecule has 1 saturated heterocycles. The average Bonchev–Trinajstić information content (AvgIpc) is 3.82. The maximum Gasteiger partial charge on any atom is 2.00 e. The summed E-state index contributed by atoms with van der Waals surface area (Å²) in [6.45, 7) is 7.01. The van der Waals surface area contributed by atoms with Crippen LogP contribution in [0, 0.1) is 12.3 Å². The Morgan fingerprint density at radius 2 is 2.00 bits per heavy atom. The number of hydrogen-bond donors (Lipinski definition) is 4. The summed E-state index contributed by atoms with van der Waals surface area (Å²) in [5.41, 5.74) is 7.95. The van der Waals surface area contributed by atoms with Crippen LogP contribution in [0.5, 0.6) is 0 Å². The van der Waals surface area contributed by atoms with Crippen LogP contribution in [0.25, 0.3) is 5.70 Å². The van der Waals surface area contributed by atoms with Gasteiger partial charge in [0.2, 0.25) is 11.8 Å². The molecule has 290 valence electrons. The van der Waals surface area contributed by atoms with E-state index in [9.17, 15) is 23.6 Å². The summed E-state index contributed by atoms with van der Waals surface area (Å²) in [7, 11) is 0. The van der Waals surface area contributed by atoms with Crippen molar-refractivity contribution in [2.45, 2.75) is 71.5 Å². The number of aromatic nitrogens is 3. The average molecular weight is 747 g/mol. The summed E-state index contributed by atoms with van der Waals surface area (Å²) in [5, 5.41) is 6.91. The second-order valence-electron chi connectivity index (χ2n) is 12.6. The third-order valence-electron chi connectivity index (χ3n) is 8.04. The van der Waals surface area contributed by atoms with Crippen molar-refractivity contribution in [3.05, 3.63) is 90.7 Å². The van der Waals surface area contributed by atoms with E-state index in [0.717, 1.165) is 5.57 Å². The number of hydrogen-bond acceptors (Lipinski definition) is 12. The van der Waals surface area contributed by atoms with Crippen molar-refractivity contribution in [3.8, 4) is 0 Å². The summed E-state index contributed by atoms with van der Waals surface area (Å²) in [6, 6.07) is -0.664. The Bertz CT molecular complexity index is 1620. The third-order valence-corrected chi connectivity index (χ3v) is 8.04. The minimum atomic E-state index is -1.23. The molecule has 2 aromatic rings. The minimum absolute atomic E-state index is 0. The zero-order valence-corrected chi connectivity index (χ0v) is 31.3. The van der Waals surface area contributed by atoms with Crippen molar-refractivity contribution in [3.63, 3.8) is 0 Å². The Balaban J connectivity index is 0.00000756. The fourth-order valence-electron chi connectivity index (χ4n) is 5.26. The summed E-state index contributed by atoms with van der Waals surface area (Å²) < 4.78 is 25.2. The van der Waals surface area contributed by atoms with E-state index in [2.05, 4.69) is 25.6 Å². The monoisotopic (exact) mass is 746 g/mol. The normalized spacial score (nSPS) is 15.9. The van der Waals surface area contributed by atoms with Gasteiger partial charge < -0.3 is 36.9 Å². The predicted octanol–water partition coefficient (Wildman–Crippen LogP) is 2.68. The third kappa shape index (κ3) is 16.2. The standard InChI is InChI=1S/C37H51FN9O6.Be.H/c1-4-18-52-37(51)32-11-7-16-47(32)36(50)31-24-53-35(45-31)20-29(38)10-5-8-26(2)9-6-14-43-33(48)13-12-27(3)19-34(49)44-15-17-46(40)23-30(39)28-21-41-25-42-22-28;;/h4,6,8-9,12-13,21-25,27,29,32H,5,7,10-11,14-20,39-40H2,1-3H3,(H,43,48)(H,44,49);;/q-1;+2;-1/b9-6+,13-12+,26-8+,30-23-;;/t27-,29+,32+;;/m0../s1. The Labute approximate surface area is 321 Å². The topological polar surface area (TPSA) is 212 Å². The molecule has 0 aromatic carbocycles. The molecule has 0 unspecified atom stereocenters. The van der Waals surface area contributed by atoms with Gasteiger partial charge in [-0.3, -0.25) is 20.8 Å². The zero-order valence-electron chi connectivity index (χ0n) is 32.3. The molecule has 1 aliphatic rings. The molecule has 3 atom stereocenters. The van der Waals surface area contributed by atoms with E-state index in [1.54, 1.807) is 37.9 Å². The molecule has 0 radical (unpaired) electrons. The number of amides is 3. The second-order valence-corrected chi connectivity index (χ2v) is 12.6. The Morgan fingerprint density at radius 3 is 2.74 bits per heavy atom. The maximum atomic E-state index is 14.7. The van der Waals surface area contributed by atoms with Gasteiger partial charge in [-0.2, -0.15) is 6.92 Å². The number of carbonyl (C=O) groups excluding carboxylic acids is 4. The molecule has 0 bridgehead atoms. The molecule has 3 rings (SSSR count). The van der Waals surface area contributed by atoms with E-state index in [1.807, 2.05) is 26.0 Å². The van der Waals surface area contributed by atoms with E-state index < -0.39 is 24.1 Å². The predicted molar refractivity (Wildman–Crippen MR) is 203 cm³/mol. The molecule has 1 fully saturated rings. The van der Waals surface area contributed by atoms with E-state index in [-0.39, 0.29) is 66.7 Å². The number of alkyl halides is 1. The van der Waals surface area contributed by atoms with E-state index in [4.69, 9.17) is 20.7 Å². The molecule has 2 aromatic heterocycles. The van der Waals surface area contributed by atoms with Gasteiger partial charge in [-0.05, 0) is 51.2 Å². The van der Waals surface area contributed by atoms with Gasteiger partial charge in [0.1, 0.15) is 24.8 Å². The van der Waals surface area contributed by atoms with E-state index >= 15 is 0 Å². The van der Waals surface area contributed by atoms with Gasteiger partial charge in [-0.25, -0.2) is 30.0 Å². The number of oxazole rings is 1. The van der Waals surface area contributed by atoms with Crippen molar-refractivity contribution in [2.75, 3.05) is 32.8 Å². The Morgan fingerprint density at radius 1 is 1.24 bits per heavy atom. The first-order valence-corrected chi connectivity index (χ1v) is 17.6. The number of rotatable bonds is 21. The van der Waals surface area contributed by atoms with Crippen LogP contribution < -0.4 is 22.2 Å². The number of nitrogens with zero attached hydrogens (tertiary/aromatic N) is 5. The van der Waals surface area contributed by atoms with Crippen LogP contribution in [0.2, 0.25) is 0 Å². The Kier molecular flexibility index (Phi) is 20.1. The number of ether oxygens (including phenoxy) is 1. The summed E-state index contributed by atoms with van der Waals surface area (Å²) >= 11 is 0. The Hall–Kier alpha value is -5.21. The SMILES string of the molecule is C[CH-]COC(=O)[C@H]1CCCN1C(=O)c1coc(C[C@H](F)CC/C=C(C)/C=C/CNC(=O)/C=C/[C@H](C)CC(=O)NCCN(N)/C=C(\N)c2cncnc2)n1.[Be+2].[H-]. The molecule has 17 heteroatoms. The molecular weight excluding hydrogens is 694 g/mol. The molecule has 0 saturated carbocycles. The van der Waals surface area contributed by atoms with E-state index in [1.165, 1.54) is 34.8 Å². The molecule has 3 heterocycles. The van der Waals surface area contributed by atoms with Gasteiger partial charge in [-0.15, -0.1) is 0 Å². The number of nitrogens with two attached hydrogens (primary N) is 2. The molecule has 1 aliphatic heterocycles.